The molecule has 5 rings (SSSR count). The molecule has 1 amide bonds. The van der Waals surface area contributed by atoms with Crippen LogP contribution in [0, 0.1) is 0 Å². The van der Waals surface area contributed by atoms with Gasteiger partial charge in [-0.15, -0.1) is 0 Å². The van der Waals surface area contributed by atoms with Gasteiger partial charge >= 0.3 is 0 Å². The van der Waals surface area contributed by atoms with Crippen LogP contribution in [0.2, 0.25) is 0 Å². The summed E-state index contributed by atoms with van der Waals surface area (Å²) in [4.78, 5) is 13.3. The average molecular weight is 514 g/mol. The smallest absolute Gasteiger partial charge is 0.264 e. The normalized spacial score (nSPS) is 11.5. The SMILES string of the molecule is CCn1c2ccccc2c2cc(NC(=O)CN(c3cccc(OC)c3)S(=O)(=O)c3ccccc3)ccc21. The summed E-state index contributed by atoms with van der Waals surface area (Å²) in [7, 11) is -2.51. The number of anilines is 2. The standard InChI is InChI=1S/C29H27N3O4S/c1-3-31-27-15-8-7-14-25(27)26-18-21(16-17-28(26)31)30-29(33)20-32(22-10-9-11-23(19-22)36-2)37(34,35)24-12-5-4-6-13-24/h4-19H,3,20H2,1-2H3,(H,30,33). The predicted molar refractivity (Wildman–Crippen MR) is 148 cm³/mol. The molecule has 1 aromatic heterocycles. The lowest BCUT2D eigenvalue weighted by atomic mass is 10.1. The van der Waals surface area contributed by atoms with Gasteiger partial charge in [-0.05, 0) is 55.5 Å². The van der Waals surface area contributed by atoms with Gasteiger partial charge in [-0.2, -0.15) is 0 Å². The van der Waals surface area contributed by atoms with Crippen LogP contribution in [0.25, 0.3) is 21.8 Å². The van der Waals surface area contributed by atoms with Crippen molar-refractivity contribution in [2.45, 2.75) is 18.4 Å². The lowest BCUT2D eigenvalue weighted by Gasteiger charge is -2.24. The van der Waals surface area contributed by atoms with Gasteiger partial charge in [0.15, 0.2) is 0 Å². The van der Waals surface area contributed by atoms with E-state index in [2.05, 4.69) is 28.9 Å². The quantitative estimate of drug-likeness (QED) is 0.290. The molecular formula is C29H27N3O4S. The molecule has 7 nitrogen and oxygen atoms in total. The van der Waals surface area contributed by atoms with Crippen molar-refractivity contribution in [2.75, 3.05) is 23.3 Å². The van der Waals surface area contributed by atoms with Crippen molar-refractivity contribution in [3.63, 3.8) is 0 Å². The Morgan fingerprint density at radius 2 is 1.59 bits per heavy atom. The summed E-state index contributed by atoms with van der Waals surface area (Å²) in [5.41, 5.74) is 3.13. The Morgan fingerprint density at radius 1 is 0.865 bits per heavy atom. The maximum atomic E-state index is 13.6. The van der Waals surface area contributed by atoms with E-state index in [0.29, 0.717) is 17.1 Å². The van der Waals surface area contributed by atoms with E-state index in [0.717, 1.165) is 32.7 Å². The number of nitrogens with one attached hydrogen (secondary N) is 1. The van der Waals surface area contributed by atoms with E-state index in [4.69, 9.17) is 4.74 Å². The van der Waals surface area contributed by atoms with E-state index in [9.17, 15) is 13.2 Å². The number of hydrogen-bond donors (Lipinski definition) is 1. The Hall–Kier alpha value is -4.30. The number of carbonyl (C=O) groups is 1. The Kier molecular flexibility index (Phi) is 6.58. The molecule has 188 valence electrons. The van der Waals surface area contributed by atoms with Gasteiger partial charge in [0, 0.05) is 40.1 Å². The molecule has 8 heteroatoms. The molecule has 0 saturated carbocycles. The monoisotopic (exact) mass is 513 g/mol. The number of carbonyl (C=O) groups excluding carboxylic acids is 1. The first kappa shape index (κ1) is 24.4. The minimum absolute atomic E-state index is 0.0967. The molecule has 1 N–H and O–H groups in total. The Bertz CT molecular complexity index is 1700. The van der Waals surface area contributed by atoms with Crippen LogP contribution < -0.4 is 14.4 Å². The number of aromatic nitrogens is 1. The summed E-state index contributed by atoms with van der Waals surface area (Å²) in [6.07, 6.45) is 0. The molecule has 1 heterocycles. The average Bonchev–Trinajstić information content (AvgIpc) is 3.25. The van der Waals surface area contributed by atoms with E-state index < -0.39 is 22.5 Å². The zero-order chi connectivity index (χ0) is 26.0. The number of para-hydroxylation sites is 1. The summed E-state index contributed by atoms with van der Waals surface area (Å²) >= 11 is 0. The van der Waals surface area contributed by atoms with Crippen LogP contribution >= 0.6 is 0 Å². The molecule has 0 atom stereocenters. The molecular weight excluding hydrogens is 486 g/mol. The summed E-state index contributed by atoms with van der Waals surface area (Å²) in [5.74, 6) is 0.0323. The molecule has 0 radical (unpaired) electrons. The highest BCUT2D eigenvalue weighted by Crippen LogP contribution is 2.31. The topological polar surface area (TPSA) is 80.6 Å². The molecule has 0 aliphatic heterocycles. The first-order valence-electron chi connectivity index (χ1n) is 11.9. The van der Waals surface area contributed by atoms with E-state index in [1.807, 2.05) is 30.3 Å². The first-order chi connectivity index (χ1) is 17.9. The fourth-order valence-corrected chi connectivity index (χ4v) is 6.04. The van der Waals surface area contributed by atoms with Gasteiger partial charge in [-0.3, -0.25) is 9.10 Å². The van der Waals surface area contributed by atoms with Gasteiger partial charge in [0.1, 0.15) is 12.3 Å². The second-order valence-electron chi connectivity index (χ2n) is 8.57. The van der Waals surface area contributed by atoms with Crippen molar-refractivity contribution in [3.8, 4) is 5.75 Å². The summed E-state index contributed by atoms with van der Waals surface area (Å²) in [5, 5.41) is 5.02. The van der Waals surface area contributed by atoms with Gasteiger partial charge in [-0.25, -0.2) is 8.42 Å². The largest absolute Gasteiger partial charge is 0.497 e. The molecule has 0 aliphatic rings. The Morgan fingerprint density at radius 3 is 2.35 bits per heavy atom. The zero-order valence-electron chi connectivity index (χ0n) is 20.6. The fourth-order valence-electron chi connectivity index (χ4n) is 4.60. The van der Waals surface area contributed by atoms with Gasteiger partial charge in [0.25, 0.3) is 10.0 Å². The van der Waals surface area contributed by atoms with Gasteiger partial charge in [-0.1, -0.05) is 42.5 Å². The van der Waals surface area contributed by atoms with E-state index in [-0.39, 0.29) is 4.90 Å². The summed E-state index contributed by atoms with van der Waals surface area (Å²) in [6, 6.07) is 28.6. The molecule has 0 aliphatic carbocycles. The van der Waals surface area contributed by atoms with E-state index >= 15 is 0 Å². The fraction of sp³-hybridized carbons (Fsp3) is 0.138. The number of ether oxygens (including phenoxy) is 1. The third-order valence-electron chi connectivity index (χ3n) is 6.33. The molecule has 5 aromatic rings. The van der Waals surface area contributed by atoms with Crippen LogP contribution in [0.1, 0.15) is 6.92 Å². The van der Waals surface area contributed by atoms with Crippen LogP contribution in [0.5, 0.6) is 5.75 Å². The number of rotatable bonds is 8. The Labute approximate surface area is 215 Å². The van der Waals surface area contributed by atoms with Crippen LogP contribution in [0.4, 0.5) is 11.4 Å². The number of aryl methyl sites for hydroxylation is 1. The number of hydrogen-bond acceptors (Lipinski definition) is 4. The Balaban J connectivity index is 1.49. The minimum Gasteiger partial charge on any atom is -0.497 e. The third kappa shape index (κ3) is 4.63. The lowest BCUT2D eigenvalue weighted by Crippen LogP contribution is -2.38. The van der Waals surface area contributed by atoms with Crippen LogP contribution in [0.15, 0.2) is 102 Å². The highest BCUT2D eigenvalue weighted by molar-refractivity contribution is 7.92. The number of nitrogens with zero attached hydrogens (tertiary/aromatic N) is 2. The van der Waals surface area contributed by atoms with Crippen LogP contribution in [0.3, 0.4) is 0 Å². The maximum Gasteiger partial charge on any atom is 0.264 e. The van der Waals surface area contributed by atoms with Crippen molar-refractivity contribution in [3.05, 3.63) is 97.1 Å². The molecule has 0 saturated heterocycles. The summed E-state index contributed by atoms with van der Waals surface area (Å²) in [6.45, 7) is 2.52. The van der Waals surface area contributed by atoms with E-state index in [1.165, 1.54) is 19.2 Å². The number of amides is 1. The van der Waals surface area contributed by atoms with Crippen molar-refractivity contribution < 1.29 is 17.9 Å². The van der Waals surface area contributed by atoms with Crippen molar-refractivity contribution in [2.24, 2.45) is 0 Å². The van der Waals surface area contributed by atoms with E-state index in [1.54, 1.807) is 42.5 Å². The molecule has 0 bridgehead atoms. The van der Waals surface area contributed by atoms with Crippen molar-refractivity contribution in [1.82, 2.24) is 4.57 Å². The first-order valence-corrected chi connectivity index (χ1v) is 13.4. The van der Waals surface area contributed by atoms with Gasteiger partial charge < -0.3 is 14.6 Å². The second kappa shape index (κ2) is 9.99. The highest BCUT2D eigenvalue weighted by atomic mass is 32.2. The number of benzene rings is 4. The highest BCUT2D eigenvalue weighted by Gasteiger charge is 2.27. The second-order valence-corrected chi connectivity index (χ2v) is 10.4. The molecule has 0 unspecified atom stereocenters. The number of methoxy groups -OCH3 is 1. The van der Waals surface area contributed by atoms with Crippen molar-refractivity contribution >= 4 is 49.1 Å². The van der Waals surface area contributed by atoms with Crippen molar-refractivity contribution in [1.29, 1.82) is 0 Å². The lowest BCUT2D eigenvalue weighted by molar-refractivity contribution is -0.114. The summed E-state index contributed by atoms with van der Waals surface area (Å²) < 4.78 is 35.8. The number of fused-ring (bicyclic) bond motifs is 3. The molecule has 37 heavy (non-hydrogen) atoms. The third-order valence-corrected chi connectivity index (χ3v) is 8.12. The van der Waals surface area contributed by atoms with Gasteiger partial charge in [0.05, 0.1) is 17.7 Å². The minimum atomic E-state index is -4.02. The maximum absolute atomic E-state index is 13.6. The molecule has 0 fully saturated rings. The molecule has 0 spiro atoms. The zero-order valence-corrected chi connectivity index (χ0v) is 21.4. The van der Waals surface area contributed by atoms with Crippen LogP contribution in [-0.4, -0.2) is 32.5 Å². The van der Waals surface area contributed by atoms with Crippen LogP contribution in [-0.2, 0) is 21.4 Å². The van der Waals surface area contributed by atoms with Gasteiger partial charge in [0.2, 0.25) is 5.91 Å². The number of sulfonamides is 1. The molecule has 4 aromatic carbocycles. The predicted octanol–water partition coefficient (Wildman–Crippen LogP) is 5.66.